The van der Waals surface area contributed by atoms with E-state index in [0.717, 1.165) is 0 Å². The number of benzene rings is 1. The molecule has 0 saturated carbocycles. The first-order valence-corrected chi connectivity index (χ1v) is 8.61. The highest BCUT2D eigenvalue weighted by molar-refractivity contribution is 7.84. The Bertz CT molecular complexity index is 564. The Morgan fingerprint density at radius 2 is 1.86 bits per heavy atom. The third-order valence-corrected chi connectivity index (χ3v) is 4.32. The zero-order chi connectivity index (χ0) is 16.8. The van der Waals surface area contributed by atoms with E-state index < -0.39 is 22.5 Å². The summed E-state index contributed by atoms with van der Waals surface area (Å²) in [6.45, 7) is 5.00. The first-order valence-electron chi connectivity index (χ1n) is 6.82. The van der Waals surface area contributed by atoms with Gasteiger partial charge in [0.05, 0.1) is 0 Å². The van der Waals surface area contributed by atoms with E-state index in [4.69, 9.17) is 25.3 Å². The summed E-state index contributed by atoms with van der Waals surface area (Å²) in [7, 11) is -2.41. The minimum absolute atomic E-state index is 0.0127. The van der Waals surface area contributed by atoms with Gasteiger partial charge in [-0.2, -0.15) is 13.1 Å². The van der Waals surface area contributed by atoms with E-state index in [1.54, 1.807) is 45.0 Å². The number of ether oxygens (including phenoxy) is 2. The van der Waals surface area contributed by atoms with Crippen LogP contribution in [-0.4, -0.2) is 34.5 Å². The van der Waals surface area contributed by atoms with Crippen molar-refractivity contribution in [2.45, 2.75) is 39.0 Å². The van der Waals surface area contributed by atoms with Crippen molar-refractivity contribution in [3.63, 3.8) is 0 Å². The van der Waals surface area contributed by atoms with Crippen LogP contribution in [0.3, 0.4) is 0 Å². The monoisotopic (exact) mass is 351 g/mol. The smallest absolute Gasteiger partial charge is 0.336 e. The largest absolute Gasteiger partial charge is 0.359 e. The van der Waals surface area contributed by atoms with Gasteiger partial charge >= 0.3 is 10.3 Å². The topological polar surface area (TPSA) is 73.9 Å². The minimum Gasteiger partial charge on any atom is -0.359 e. The normalized spacial score (nSPS) is 15.0. The molecule has 2 atom stereocenters. The van der Waals surface area contributed by atoms with Gasteiger partial charge in [-0.3, -0.25) is 4.18 Å². The number of hydrogen-bond acceptors (Lipinski definition) is 5. The molecule has 1 aromatic carbocycles. The molecule has 0 fully saturated rings. The van der Waals surface area contributed by atoms with Gasteiger partial charge in [-0.05, 0) is 26.8 Å². The van der Waals surface area contributed by atoms with Crippen LogP contribution in [0.25, 0.3) is 0 Å². The van der Waals surface area contributed by atoms with E-state index in [1.807, 2.05) is 0 Å². The molecule has 8 heteroatoms. The summed E-state index contributed by atoms with van der Waals surface area (Å²) < 4.78 is 41.7. The third-order valence-electron chi connectivity index (χ3n) is 2.66. The Balaban J connectivity index is 2.95. The molecule has 2 unspecified atom stereocenters. The lowest BCUT2D eigenvalue weighted by molar-refractivity contribution is -0.104. The molecule has 0 aliphatic heterocycles. The second kappa shape index (κ2) is 8.81. The van der Waals surface area contributed by atoms with Crippen molar-refractivity contribution in [3.05, 3.63) is 34.9 Å². The minimum atomic E-state index is -3.88. The Kier molecular flexibility index (Phi) is 7.75. The van der Waals surface area contributed by atoms with Crippen LogP contribution < -0.4 is 4.72 Å². The molecule has 1 N–H and O–H groups in total. The van der Waals surface area contributed by atoms with Gasteiger partial charge in [-0.25, -0.2) is 0 Å². The summed E-state index contributed by atoms with van der Waals surface area (Å²) in [6, 6.07) is 6.76. The van der Waals surface area contributed by atoms with Gasteiger partial charge in [0.15, 0.2) is 0 Å². The molecule has 0 aromatic heterocycles. The van der Waals surface area contributed by atoms with Crippen molar-refractivity contribution in [1.29, 1.82) is 0 Å². The van der Waals surface area contributed by atoms with Crippen LogP contribution in [0, 0.1) is 0 Å². The van der Waals surface area contributed by atoms with E-state index in [0.29, 0.717) is 10.6 Å². The van der Waals surface area contributed by atoms with Crippen LogP contribution in [-0.2, 0) is 24.0 Å². The molecule has 0 aliphatic rings. The summed E-state index contributed by atoms with van der Waals surface area (Å²) in [5.74, 6) is 0. The maximum atomic E-state index is 11.9. The summed E-state index contributed by atoms with van der Waals surface area (Å²) in [4.78, 5) is 0. The SMILES string of the molecule is COCOC(c1ccccc1Cl)C(C)OS(=O)(=O)NC(C)C. The van der Waals surface area contributed by atoms with Gasteiger partial charge in [-0.1, -0.05) is 29.8 Å². The predicted molar refractivity (Wildman–Crippen MR) is 84.9 cm³/mol. The highest BCUT2D eigenvalue weighted by Gasteiger charge is 2.28. The van der Waals surface area contributed by atoms with Crippen LogP contribution in [0.1, 0.15) is 32.4 Å². The molecular weight excluding hydrogens is 330 g/mol. The lowest BCUT2D eigenvalue weighted by atomic mass is 10.1. The van der Waals surface area contributed by atoms with Gasteiger partial charge in [0.25, 0.3) is 0 Å². The fourth-order valence-electron chi connectivity index (χ4n) is 1.89. The molecule has 0 radical (unpaired) electrons. The Morgan fingerprint density at radius 3 is 2.41 bits per heavy atom. The maximum Gasteiger partial charge on any atom is 0.336 e. The van der Waals surface area contributed by atoms with Gasteiger partial charge < -0.3 is 9.47 Å². The van der Waals surface area contributed by atoms with Crippen molar-refractivity contribution >= 4 is 21.9 Å². The molecule has 0 spiro atoms. The lowest BCUT2D eigenvalue weighted by Gasteiger charge is -2.25. The third kappa shape index (κ3) is 6.20. The number of nitrogens with one attached hydrogen (secondary N) is 1. The first-order chi connectivity index (χ1) is 10.3. The molecular formula is C14H22ClNO5S. The van der Waals surface area contributed by atoms with Gasteiger partial charge in [-0.15, -0.1) is 0 Å². The zero-order valence-electron chi connectivity index (χ0n) is 13.1. The van der Waals surface area contributed by atoms with E-state index in [9.17, 15) is 8.42 Å². The van der Waals surface area contributed by atoms with Crippen molar-refractivity contribution < 1.29 is 22.1 Å². The Labute approximate surface area is 137 Å². The molecule has 0 saturated heterocycles. The fourth-order valence-corrected chi connectivity index (χ4v) is 3.27. The number of hydrogen-bond donors (Lipinski definition) is 1. The number of rotatable bonds is 9. The van der Waals surface area contributed by atoms with E-state index in [2.05, 4.69) is 4.72 Å². The fraction of sp³-hybridized carbons (Fsp3) is 0.571. The van der Waals surface area contributed by atoms with Crippen molar-refractivity contribution in [1.82, 2.24) is 4.72 Å². The first kappa shape index (κ1) is 19.3. The summed E-state index contributed by atoms with van der Waals surface area (Å²) in [6.07, 6.45) is -1.47. The van der Waals surface area contributed by atoms with Gasteiger partial charge in [0.1, 0.15) is 19.0 Å². The van der Waals surface area contributed by atoms with Crippen molar-refractivity contribution in [3.8, 4) is 0 Å². The van der Waals surface area contributed by atoms with Crippen LogP contribution in [0.15, 0.2) is 24.3 Å². The lowest BCUT2D eigenvalue weighted by Crippen LogP contribution is -2.36. The molecule has 1 aromatic rings. The van der Waals surface area contributed by atoms with Gasteiger partial charge in [0.2, 0.25) is 0 Å². The molecule has 0 heterocycles. The molecule has 0 bridgehead atoms. The predicted octanol–water partition coefficient (Wildman–Crippen LogP) is 2.65. The number of methoxy groups -OCH3 is 1. The Hall–Kier alpha value is -0.700. The molecule has 1 rings (SSSR count). The standard InChI is InChI=1S/C14H22ClNO5S/c1-10(2)16-22(17,18)21-11(3)14(20-9-19-4)12-7-5-6-8-13(12)15/h5-8,10-11,14,16H,9H2,1-4H3. The van der Waals surface area contributed by atoms with E-state index in [-0.39, 0.29) is 12.8 Å². The molecule has 0 aliphatic carbocycles. The average Bonchev–Trinajstić information content (AvgIpc) is 2.38. The molecule has 6 nitrogen and oxygen atoms in total. The molecule has 0 amide bonds. The van der Waals surface area contributed by atoms with Gasteiger partial charge in [0, 0.05) is 23.7 Å². The molecule has 126 valence electrons. The second-order valence-electron chi connectivity index (χ2n) is 5.04. The second-order valence-corrected chi connectivity index (χ2v) is 6.79. The summed E-state index contributed by atoms with van der Waals surface area (Å²) >= 11 is 6.16. The zero-order valence-corrected chi connectivity index (χ0v) is 14.6. The van der Waals surface area contributed by atoms with Crippen LogP contribution >= 0.6 is 11.6 Å². The summed E-state index contributed by atoms with van der Waals surface area (Å²) in [5, 5.41) is 0.466. The maximum absolute atomic E-state index is 11.9. The Morgan fingerprint density at radius 1 is 1.23 bits per heavy atom. The highest BCUT2D eigenvalue weighted by atomic mass is 35.5. The van der Waals surface area contributed by atoms with E-state index >= 15 is 0 Å². The van der Waals surface area contributed by atoms with Crippen molar-refractivity contribution in [2.75, 3.05) is 13.9 Å². The summed E-state index contributed by atoms with van der Waals surface area (Å²) in [5.41, 5.74) is 0.633. The number of halogens is 1. The van der Waals surface area contributed by atoms with Crippen LogP contribution in [0.5, 0.6) is 0 Å². The van der Waals surface area contributed by atoms with E-state index in [1.165, 1.54) is 7.11 Å². The quantitative estimate of drug-likeness (QED) is 0.692. The average molecular weight is 352 g/mol. The van der Waals surface area contributed by atoms with Crippen molar-refractivity contribution in [2.24, 2.45) is 0 Å². The van der Waals surface area contributed by atoms with Crippen LogP contribution in [0.4, 0.5) is 0 Å². The molecule has 22 heavy (non-hydrogen) atoms. The van der Waals surface area contributed by atoms with Crippen LogP contribution in [0.2, 0.25) is 5.02 Å². The highest BCUT2D eigenvalue weighted by Crippen LogP contribution is 2.30.